The van der Waals surface area contributed by atoms with Crippen LogP contribution in [0.15, 0.2) is 36.8 Å². The summed E-state index contributed by atoms with van der Waals surface area (Å²) in [6.45, 7) is 9.64. The Morgan fingerprint density at radius 3 is 2.46 bits per heavy atom. The van der Waals surface area contributed by atoms with Crippen molar-refractivity contribution in [3.05, 3.63) is 47.9 Å². The van der Waals surface area contributed by atoms with Crippen LogP contribution in [0, 0.1) is 13.8 Å². The lowest BCUT2D eigenvalue weighted by molar-refractivity contribution is 0.122. The Morgan fingerprint density at radius 2 is 1.74 bits per heavy atom. The molecule has 2 bridgehead atoms. The van der Waals surface area contributed by atoms with E-state index in [0.29, 0.717) is 18.0 Å². The van der Waals surface area contributed by atoms with E-state index in [1.807, 2.05) is 18.5 Å². The van der Waals surface area contributed by atoms with Crippen LogP contribution in [0.4, 0.5) is 23.3 Å². The standard InChI is InChI=1S/C26H32N8O/c1-17-10-19(13-28-24(17)33-6-8-35-9-7-33)23-4-5-27-26(31-23)30-20-11-18(2)25(29-14-20)34-16-21-12-22(34)15-32(21)3/h4-5,10-11,13-14,21-22H,6-9,12,15-16H2,1-3H3,(H,27,30,31). The topological polar surface area (TPSA) is 82.5 Å². The summed E-state index contributed by atoms with van der Waals surface area (Å²) in [6.07, 6.45) is 6.80. The van der Waals surface area contributed by atoms with Gasteiger partial charge in [-0.05, 0) is 56.6 Å². The van der Waals surface area contributed by atoms with Crippen molar-refractivity contribution < 1.29 is 4.74 Å². The summed E-state index contributed by atoms with van der Waals surface area (Å²) in [5.74, 6) is 2.66. The molecule has 9 nitrogen and oxygen atoms in total. The third kappa shape index (κ3) is 4.30. The minimum absolute atomic E-state index is 0.549. The van der Waals surface area contributed by atoms with Crippen LogP contribution in [0.2, 0.25) is 0 Å². The van der Waals surface area contributed by atoms with E-state index in [1.165, 1.54) is 12.0 Å². The van der Waals surface area contributed by atoms with Gasteiger partial charge in [0.25, 0.3) is 0 Å². The van der Waals surface area contributed by atoms with E-state index in [9.17, 15) is 0 Å². The monoisotopic (exact) mass is 472 g/mol. The Bertz CT molecular complexity index is 1230. The molecule has 9 heteroatoms. The summed E-state index contributed by atoms with van der Waals surface area (Å²) in [4.78, 5) is 26.0. The number of fused-ring (bicyclic) bond motifs is 2. The number of morpholine rings is 1. The van der Waals surface area contributed by atoms with E-state index in [-0.39, 0.29) is 0 Å². The van der Waals surface area contributed by atoms with Crippen molar-refractivity contribution in [3.8, 4) is 11.3 Å². The zero-order valence-corrected chi connectivity index (χ0v) is 20.6. The van der Waals surface area contributed by atoms with Crippen molar-refractivity contribution in [1.29, 1.82) is 0 Å². The summed E-state index contributed by atoms with van der Waals surface area (Å²) < 4.78 is 5.47. The number of ether oxygens (including phenoxy) is 1. The van der Waals surface area contributed by atoms with E-state index in [0.717, 1.165) is 73.5 Å². The third-order valence-electron chi connectivity index (χ3n) is 7.41. The first-order valence-corrected chi connectivity index (χ1v) is 12.4. The lowest BCUT2D eigenvalue weighted by Gasteiger charge is -2.33. The Kier molecular flexibility index (Phi) is 5.74. The number of likely N-dealkylation sites (tertiary alicyclic amines) is 1. The molecule has 0 saturated carbocycles. The fraction of sp³-hybridized carbons (Fsp3) is 0.462. The normalized spacial score (nSPS) is 22.1. The van der Waals surface area contributed by atoms with Crippen molar-refractivity contribution in [2.45, 2.75) is 32.4 Å². The van der Waals surface area contributed by atoms with Crippen LogP contribution in [0.25, 0.3) is 11.3 Å². The number of hydrogen-bond acceptors (Lipinski definition) is 9. The number of anilines is 4. The number of hydrogen-bond donors (Lipinski definition) is 1. The highest BCUT2D eigenvalue weighted by atomic mass is 16.5. The molecule has 3 aliphatic heterocycles. The molecule has 3 saturated heterocycles. The summed E-state index contributed by atoms with van der Waals surface area (Å²) in [5.41, 5.74) is 5.00. The van der Waals surface area contributed by atoms with Crippen LogP contribution in [-0.2, 0) is 4.74 Å². The lowest BCUT2D eigenvalue weighted by Crippen LogP contribution is -2.45. The number of aryl methyl sites for hydroxylation is 2. The van der Waals surface area contributed by atoms with Gasteiger partial charge in [0.1, 0.15) is 11.6 Å². The number of rotatable bonds is 5. The molecule has 2 unspecified atom stereocenters. The summed E-state index contributed by atoms with van der Waals surface area (Å²) in [5, 5.41) is 3.34. The summed E-state index contributed by atoms with van der Waals surface area (Å²) in [6, 6.07) is 7.42. The smallest absolute Gasteiger partial charge is 0.227 e. The molecule has 0 spiro atoms. The molecule has 1 N–H and O–H groups in total. The van der Waals surface area contributed by atoms with Gasteiger partial charge in [-0.3, -0.25) is 4.90 Å². The zero-order chi connectivity index (χ0) is 23.9. The van der Waals surface area contributed by atoms with Crippen LogP contribution in [-0.4, -0.2) is 83.4 Å². The Balaban J connectivity index is 1.18. The molecule has 3 aromatic heterocycles. The molecule has 182 valence electrons. The van der Waals surface area contributed by atoms with Crippen molar-refractivity contribution in [2.24, 2.45) is 0 Å². The molecule has 0 amide bonds. The second-order valence-corrected chi connectivity index (χ2v) is 9.85. The Labute approximate surface area is 206 Å². The molecule has 3 aliphatic rings. The van der Waals surface area contributed by atoms with Crippen molar-refractivity contribution in [1.82, 2.24) is 24.8 Å². The first-order valence-electron chi connectivity index (χ1n) is 12.4. The maximum atomic E-state index is 5.47. The Hall–Kier alpha value is -3.30. The number of nitrogens with one attached hydrogen (secondary N) is 1. The van der Waals surface area contributed by atoms with Gasteiger partial charge in [0.2, 0.25) is 5.95 Å². The number of piperazine rings is 1. The van der Waals surface area contributed by atoms with Crippen molar-refractivity contribution >= 4 is 23.3 Å². The van der Waals surface area contributed by atoms with E-state index in [2.05, 4.69) is 58.0 Å². The van der Waals surface area contributed by atoms with E-state index >= 15 is 0 Å². The van der Waals surface area contributed by atoms with Gasteiger partial charge in [-0.15, -0.1) is 0 Å². The van der Waals surface area contributed by atoms with Gasteiger partial charge in [0.05, 0.1) is 30.8 Å². The highest BCUT2D eigenvalue weighted by molar-refractivity contribution is 5.65. The van der Waals surface area contributed by atoms with Crippen LogP contribution >= 0.6 is 0 Å². The minimum Gasteiger partial charge on any atom is -0.378 e. The van der Waals surface area contributed by atoms with Crippen molar-refractivity contribution in [2.75, 3.05) is 61.6 Å². The number of likely N-dealkylation sites (N-methyl/N-ethyl adjacent to an activating group) is 1. The molecular weight excluding hydrogens is 440 g/mol. The second-order valence-electron chi connectivity index (χ2n) is 9.85. The lowest BCUT2D eigenvalue weighted by atomic mass is 10.1. The third-order valence-corrected chi connectivity index (χ3v) is 7.41. The average Bonchev–Trinajstić information content (AvgIpc) is 3.44. The first-order chi connectivity index (χ1) is 17.0. The number of pyridine rings is 2. The van der Waals surface area contributed by atoms with Gasteiger partial charge < -0.3 is 19.9 Å². The molecule has 0 aliphatic carbocycles. The zero-order valence-electron chi connectivity index (χ0n) is 20.6. The highest BCUT2D eigenvalue weighted by Crippen LogP contribution is 2.35. The molecule has 2 atom stereocenters. The minimum atomic E-state index is 0.549. The Morgan fingerprint density at radius 1 is 0.943 bits per heavy atom. The molecule has 3 aromatic rings. The molecule has 35 heavy (non-hydrogen) atoms. The molecular formula is C26H32N8O. The fourth-order valence-corrected chi connectivity index (χ4v) is 5.58. The second kappa shape index (κ2) is 9.05. The molecule has 6 rings (SSSR count). The van der Waals surface area contributed by atoms with Crippen LogP contribution in [0.5, 0.6) is 0 Å². The highest BCUT2D eigenvalue weighted by Gasteiger charge is 2.42. The van der Waals surface area contributed by atoms with Gasteiger partial charge in [-0.2, -0.15) is 0 Å². The van der Waals surface area contributed by atoms with E-state index in [4.69, 9.17) is 19.7 Å². The molecule has 6 heterocycles. The van der Waals surface area contributed by atoms with Gasteiger partial charge in [-0.25, -0.2) is 19.9 Å². The molecule has 0 radical (unpaired) electrons. The molecule has 3 fully saturated rings. The van der Waals surface area contributed by atoms with Gasteiger partial charge in [-0.1, -0.05) is 0 Å². The maximum Gasteiger partial charge on any atom is 0.227 e. The molecule has 0 aromatic carbocycles. The summed E-state index contributed by atoms with van der Waals surface area (Å²) >= 11 is 0. The average molecular weight is 473 g/mol. The van der Waals surface area contributed by atoms with Gasteiger partial charge >= 0.3 is 0 Å². The number of nitrogens with zero attached hydrogens (tertiary/aromatic N) is 7. The maximum absolute atomic E-state index is 5.47. The summed E-state index contributed by atoms with van der Waals surface area (Å²) in [7, 11) is 2.22. The SMILES string of the molecule is Cc1cc(-c2ccnc(Nc3cnc(N4CC5CC4CN5C)c(C)c3)n2)cnc1N1CCOCC1. The largest absolute Gasteiger partial charge is 0.378 e. The van der Waals surface area contributed by atoms with Gasteiger partial charge in [0, 0.05) is 56.2 Å². The van der Waals surface area contributed by atoms with Gasteiger partial charge in [0.15, 0.2) is 0 Å². The van der Waals surface area contributed by atoms with Crippen LogP contribution in [0.3, 0.4) is 0 Å². The predicted octanol–water partition coefficient (Wildman–Crippen LogP) is 3.02. The fourth-order valence-electron chi connectivity index (χ4n) is 5.58. The quantitative estimate of drug-likeness (QED) is 0.602. The van der Waals surface area contributed by atoms with E-state index in [1.54, 1.807) is 6.20 Å². The van der Waals surface area contributed by atoms with Crippen LogP contribution < -0.4 is 15.1 Å². The number of aromatic nitrogens is 4. The predicted molar refractivity (Wildman–Crippen MR) is 137 cm³/mol. The van der Waals surface area contributed by atoms with Crippen molar-refractivity contribution in [3.63, 3.8) is 0 Å². The first kappa shape index (κ1) is 22.2. The van der Waals surface area contributed by atoms with Crippen LogP contribution in [0.1, 0.15) is 17.5 Å². The van der Waals surface area contributed by atoms with E-state index < -0.39 is 0 Å².